The fourth-order valence-electron chi connectivity index (χ4n) is 2.60. The number of benzene rings is 1. The molecule has 3 heteroatoms. The monoisotopic (exact) mass is 262 g/mol. The van der Waals surface area contributed by atoms with Gasteiger partial charge >= 0.3 is 0 Å². The minimum Gasteiger partial charge on any atom is -0.375 e. The van der Waals surface area contributed by atoms with E-state index in [4.69, 9.17) is 10.5 Å². The number of anilines is 1. The Morgan fingerprint density at radius 3 is 2.89 bits per heavy atom. The second kappa shape index (κ2) is 6.92. The van der Waals surface area contributed by atoms with Crippen LogP contribution in [0.25, 0.3) is 0 Å². The van der Waals surface area contributed by atoms with Gasteiger partial charge in [0.15, 0.2) is 0 Å². The van der Waals surface area contributed by atoms with Crippen LogP contribution in [0.1, 0.15) is 32.3 Å². The zero-order valence-electron chi connectivity index (χ0n) is 12.1. The van der Waals surface area contributed by atoms with Crippen LogP contribution in [-0.4, -0.2) is 31.8 Å². The third-order valence-electron chi connectivity index (χ3n) is 3.93. The summed E-state index contributed by atoms with van der Waals surface area (Å²) >= 11 is 0. The maximum Gasteiger partial charge on any atom is 0.0748 e. The first kappa shape index (κ1) is 14.4. The van der Waals surface area contributed by atoms with Gasteiger partial charge in [-0.3, -0.25) is 0 Å². The molecule has 0 saturated carbocycles. The van der Waals surface area contributed by atoms with E-state index in [9.17, 15) is 0 Å². The molecule has 0 radical (unpaired) electrons. The summed E-state index contributed by atoms with van der Waals surface area (Å²) in [5.74, 6) is 0. The fourth-order valence-corrected chi connectivity index (χ4v) is 2.60. The standard InChI is InChI=1S/C16H26N2O/c1-3-14(17)11-13-7-5-6-8-16(13)18-9-10-19-15(4-2)12-18/h5-8,14-15H,3-4,9-12,17H2,1-2H3. The number of morpholine rings is 1. The maximum absolute atomic E-state index is 6.11. The van der Waals surface area contributed by atoms with E-state index in [-0.39, 0.29) is 6.04 Å². The first-order chi connectivity index (χ1) is 9.24. The molecule has 106 valence electrons. The molecular weight excluding hydrogens is 236 g/mol. The second-order valence-electron chi connectivity index (χ2n) is 5.35. The summed E-state index contributed by atoms with van der Waals surface area (Å²) in [4.78, 5) is 2.45. The van der Waals surface area contributed by atoms with Gasteiger partial charge in [-0.15, -0.1) is 0 Å². The molecule has 2 unspecified atom stereocenters. The van der Waals surface area contributed by atoms with E-state index >= 15 is 0 Å². The molecule has 19 heavy (non-hydrogen) atoms. The molecule has 1 aliphatic rings. The molecule has 1 heterocycles. The number of nitrogens with zero attached hydrogens (tertiary/aromatic N) is 1. The molecular formula is C16H26N2O. The van der Waals surface area contributed by atoms with Crippen LogP contribution < -0.4 is 10.6 Å². The predicted octanol–water partition coefficient (Wildman–Crippen LogP) is 2.58. The number of hydrogen-bond donors (Lipinski definition) is 1. The third kappa shape index (κ3) is 3.71. The predicted molar refractivity (Wildman–Crippen MR) is 80.7 cm³/mol. The Bertz CT molecular complexity index is 394. The van der Waals surface area contributed by atoms with Gasteiger partial charge in [-0.25, -0.2) is 0 Å². The Hall–Kier alpha value is -1.06. The first-order valence-corrected chi connectivity index (χ1v) is 7.44. The molecule has 1 fully saturated rings. The molecule has 1 aromatic rings. The number of nitrogens with two attached hydrogens (primary N) is 1. The van der Waals surface area contributed by atoms with Gasteiger partial charge in [0.25, 0.3) is 0 Å². The third-order valence-corrected chi connectivity index (χ3v) is 3.93. The average Bonchev–Trinajstić information content (AvgIpc) is 2.47. The first-order valence-electron chi connectivity index (χ1n) is 7.44. The topological polar surface area (TPSA) is 38.5 Å². The van der Waals surface area contributed by atoms with Gasteiger partial charge in [-0.1, -0.05) is 32.0 Å². The van der Waals surface area contributed by atoms with Gasteiger partial charge in [-0.05, 0) is 30.9 Å². The molecule has 1 saturated heterocycles. The summed E-state index contributed by atoms with van der Waals surface area (Å²) in [7, 11) is 0. The highest BCUT2D eigenvalue weighted by Gasteiger charge is 2.21. The summed E-state index contributed by atoms with van der Waals surface area (Å²) in [6.07, 6.45) is 3.42. The zero-order valence-corrected chi connectivity index (χ0v) is 12.1. The Labute approximate surface area is 116 Å². The maximum atomic E-state index is 6.11. The van der Waals surface area contributed by atoms with Crippen molar-refractivity contribution in [1.82, 2.24) is 0 Å². The molecule has 0 spiro atoms. The molecule has 3 nitrogen and oxygen atoms in total. The number of hydrogen-bond acceptors (Lipinski definition) is 3. The average molecular weight is 262 g/mol. The van der Waals surface area contributed by atoms with E-state index in [2.05, 4.69) is 43.0 Å². The summed E-state index contributed by atoms with van der Waals surface area (Å²) in [5, 5.41) is 0. The normalized spacial score (nSPS) is 21.4. The highest BCUT2D eigenvalue weighted by Crippen LogP contribution is 2.24. The molecule has 0 amide bonds. The van der Waals surface area contributed by atoms with Gasteiger partial charge in [-0.2, -0.15) is 0 Å². The lowest BCUT2D eigenvalue weighted by molar-refractivity contribution is 0.0384. The SMILES string of the molecule is CCC(N)Cc1ccccc1N1CCOC(CC)C1. The quantitative estimate of drug-likeness (QED) is 0.886. The van der Waals surface area contributed by atoms with Crippen LogP contribution in [0.4, 0.5) is 5.69 Å². The van der Waals surface area contributed by atoms with Crippen LogP contribution in [0.2, 0.25) is 0 Å². The minimum atomic E-state index is 0.254. The molecule has 0 aliphatic carbocycles. The van der Waals surface area contributed by atoms with Crippen LogP contribution in [0.15, 0.2) is 24.3 Å². The molecule has 1 aliphatic heterocycles. The van der Waals surface area contributed by atoms with Gasteiger partial charge in [0.2, 0.25) is 0 Å². The van der Waals surface area contributed by atoms with Crippen molar-refractivity contribution in [2.24, 2.45) is 5.73 Å². The van der Waals surface area contributed by atoms with Crippen LogP contribution in [0.5, 0.6) is 0 Å². The highest BCUT2D eigenvalue weighted by molar-refractivity contribution is 5.54. The van der Waals surface area contributed by atoms with Crippen molar-refractivity contribution in [3.63, 3.8) is 0 Å². The lowest BCUT2D eigenvalue weighted by Gasteiger charge is -2.35. The zero-order chi connectivity index (χ0) is 13.7. The number of para-hydroxylation sites is 1. The van der Waals surface area contributed by atoms with Crippen LogP contribution >= 0.6 is 0 Å². The minimum absolute atomic E-state index is 0.254. The number of rotatable bonds is 5. The van der Waals surface area contributed by atoms with Gasteiger partial charge in [0.05, 0.1) is 12.7 Å². The Morgan fingerprint density at radius 1 is 1.37 bits per heavy atom. The summed E-state index contributed by atoms with van der Waals surface area (Å²) in [6.45, 7) is 7.14. The highest BCUT2D eigenvalue weighted by atomic mass is 16.5. The van der Waals surface area contributed by atoms with Crippen molar-refractivity contribution in [2.45, 2.75) is 45.3 Å². The summed E-state index contributed by atoms with van der Waals surface area (Å²) in [6, 6.07) is 8.91. The summed E-state index contributed by atoms with van der Waals surface area (Å²) < 4.78 is 5.75. The van der Waals surface area contributed by atoms with Crippen molar-refractivity contribution in [3.05, 3.63) is 29.8 Å². The van der Waals surface area contributed by atoms with E-state index < -0.39 is 0 Å². The van der Waals surface area contributed by atoms with E-state index in [1.54, 1.807) is 0 Å². The van der Waals surface area contributed by atoms with Crippen molar-refractivity contribution in [1.29, 1.82) is 0 Å². The van der Waals surface area contributed by atoms with E-state index in [1.807, 2.05) is 0 Å². The van der Waals surface area contributed by atoms with Gasteiger partial charge < -0.3 is 15.4 Å². The molecule has 2 atom stereocenters. The lowest BCUT2D eigenvalue weighted by atomic mass is 10.0. The Kier molecular flexibility index (Phi) is 5.23. The van der Waals surface area contributed by atoms with E-state index in [0.717, 1.165) is 39.0 Å². The van der Waals surface area contributed by atoms with E-state index in [1.165, 1.54) is 11.3 Å². The van der Waals surface area contributed by atoms with Crippen LogP contribution in [0, 0.1) is 0 Å². The van der Waals surface area contributed by atoms with E-state index in [0.29, 0.717) is 6.10 Å². The van der Waals surface area contributed by atoms with Crippen molar-refractivity contribution >= 4 is 5.69 Å². The van der Waals surface area contributed by atoms with Crippen LogP contribution in [-0.2, 0) is 11.2 Å². The molecule has 2 rings (SSSR count). The molecule has 2 N–H and O–H groups in total. The smallest absolute Gasteiger partial charge is 0.0748 e. The van der Waals surface area contributed by atoms with Crippen molar-refractivity contribution in [2.75, 3.05) is 24.6 Å². The lowest BCUT2D eigenvalue weighted by Crippen LogP contribution is -2.42. The van der Waals surface area contributed by atoms with Crippen LogP contribution in [0.3, 0.4) is 0 Å². The fraction of sp³-hybridized carbons (Fsp3) is 0.625. The van der Waals surface area contributed by atoms with Crippen molar-refractivity contribution < 1.29 is 4.74 Å². The molecule has 0 aromatic heterocycles. The van der Waals surface area contributed by atoms with Gasteiger partial charge in [0.1, 0.15) is 0 Å². The second-order valence-corrected chi connectivity index (χ2v) is 5.35. The Morgan fingerprint density at radius 2 is 2.16 bits per heavy atom. The van der Waals surface area contributed by atoms with Crippen molar-refractivity contribution in [3.8, 4) is 0 Å². The largest absolute Gasteiger partial charge is 0.375 e. The summed E-state index contributed by atoms with van der Waals surface area (Å²) in [5.41, 5.74) is 8.82. The molecule has 0 bridgehead atoms. The number of ether oxygens (including phenoxy) is 1. The Balaban J connectivity index is 2.14. The van der Waals surface area contributed by atoms with Gasteiger partial charge in [0, 0.05) is 24.8 Å². The molecule has 1 aromatic carbocycles.